The molecular formula is C11H9F7O2Sn. The Bertz CT molecular complexity index is 487. The summed E-state index contributed by atoms with van der Waals surface area (Å²) in [5, 5.41) is 0. The third kappa shape index (κ3) is 4.63. The van der Waals surface area contributed by atoms with Crippen molar-refractivity contribution in [1.82, 2.24) is 0 Å². The summed E-state index contributed by atoms with van der Waals surface area (Å²) in [5.41, 5.74) is 0.442. The zero-order valence-corrected chi connectivity index (χ0v) is 13.1. The van der Waals surface area contributed by atoms with E-state index in [4.69, 9.17) is 0 Å². The molecule has 0 aliphatic carbocycles. The van der Waals surface area contributed by atoms with E-state index < -0.39 is 42.6 Å². The van der Waals surface area contributed by atoms with Crippen LogP contribution in [-0.2, 0) is 12.8 Å². The van der Waals surface area contributed by atoms with Crippen molar-refractivity contribution in [3.63, 3.8) is 0 Å². The molecule has 0 unspecified atom stereocenters. The van der Waals surface area contributed by atoms with Crippen molar-refractivity contribution in [1.29, 1.82) is 0 Å². The Labute approximate surface area is 122 Å². The first-order valence-electron chi connectivity index (χ1n) is 5.49. The molecule has 0 aliphatic rings. The van der Waals surface area contributed by atoms with Crippen LogP contribution in [0.2, 0.25) is 4.44 Å². The van der Waals surface area contributed by atoms with Gasteiger partial charge in [-0.3, -0.25) is 0 Å². The number of hydrogen-bond donors (Lipinski definition) is 0. The van der Waals surface area contributed by atoms with Crippen molar-refractivity contribution in [2.45, 2.75) is 29.1 Å². The van der Waals surface area contributed by atoms with Crippen LogP contribution in [0.1, 0.15) is 5.56 Å². The molecule has 1 rings (SSSR count). The van der Waals surface area contributed by atoms with Gasteiger partial charge in [0.25, 0.3) is 0 Å². The molecule has 0 heterocycles. The summed E-state index contributed by atoms with van der Waals surface area (Å²) in [7, 11) is 0. The van der Waals surface area contributed by atoms with Crippen molar-refractivity contribution in [3.05, 3.63) is 35.9 Å². The second-order valence-electron chi connectivity index (χ2n) is 4.10. The SMILES string of the molecule is [O]=[Sn]([CH2]C(F)(F)C(F)(F)C(F)(F)F)[O]Cc1ccccc1. The van der Waals surface area contributed by atoms with Crippen molar-refractivity contribution < 1.29 is 36.9 Å². The molecule has 0 bridgehead atoms. The molecule has 0 N–H and O–H groups in total. The fourth-order valence-corrected chi connectivity index (χ4v) is 4.18. The summed E-state index contributed by atoms with van der Waals surface area (Å²) < 4.78 is 100. The average molecular weight is 425 g/mol. The molecule has 0 spiro atoms. The zero-order chi connectivity index (χ0) is 16.3. The molecule has 0 fully saturated rings. The van der Waals surface area contributed by atoms with Gasteiger partial charge < -0.3 is 0 Å². The third-order valence-electron chi connectivity index (χ3n) is 2.42. The van der Waals surface area contributed by atoms with Crippen LogP contribution in [0.4, 0.5) is 30.7 Å². The monoisotopic (exact) mass is 426 g/mol. The minimum atomic E-state index is -6.42. The molecule has 2 nitrogen and oxygen atoms in total. The first-order valence-corrected chi connectivity index (χ1v) is 9.84. The Balaban J connectivity index is 2.65. The quantitative estimate of drug-likeness (QED) is 0.510. The van der Waals surface area contributed by atoms with E-state index in [9.17, 15) is 33.8 Å². The number of hydrogen-bond acceptors (Lipinski definition) is 2. The van der Waals surface area contributed by atoms with E-state index in [1.807, 2.05) is 0 Å². The summed E-state index contributed by atoms with van der Waals surface area (Å²) >= 11 is -4.75. The number of alkyl halides is 7. The van der Waals surface area contributed by atoms with E-state index in [1.54, 1.807) is 18.2 Å². The van der Waals surface area contributed by atoms with Gasteiger partial charge in [0.15, 0.2) is 0 Å². The van der Waals surface area contributed by atoms with E-state index in [-0.39, 0.29) is 6.61 Å². The molecule has 1 aromatic rings. The van der Waals surface area contributed by atoms with Crippen LogP contribution in [-0.4, -0.2) is 38.2 Å². The van der Waals surface area contributed by atoms with Crippen LogP contribution in [0.5, 0.6) is 0 Å². The summed E-state index contributed by atoms with van der Waals surface area (Å²) in [6.45, 7) is -0.382. The normalized spacial score (nSPS) is 13.3. The fraction of sp³-hybridized carbons (Fsp3) is 0.455. The fourth-order valence-electron chi connectivity index (χ4n) is 1.29. The van der Waals surface area contributed by atoms with Gasteiger partial charge in [0.2, 0.25) is 0 Å². The van der Waals surface area contributed by atoms with E-state index in [2.05, 4.69) is 3.07 Å². The van der Waals surface area contributed by atoms with Crippen LogP contribution < -0.4 is 0 Å². The van der Waals surface area contributed by atoms with Gasteiger partial charge >= 0.3 is 122 Å². The second-order valence-corrected chi connectivity index (χ2v) is 8.06. The van der Waals surface area contributed by atoms with Gasteiger partial charge in [-0.05, 0) is 0 Å². The van der Waals surface area contributed by atoms with Gasteiger partial charge in [-0.25, -0.2) is 0 Å². The Hall–Kier alpha value is -0.711. The van der Waals surface area contributed by atoms with Crippen molar-refractivity contribution in [2.75, 3.05) is 0 Å². The van der Waals surface area contributed by atoms with Crippen molar-refractivity contribution in [2.24, 2.45) is 0 Å². The maximum absolute atomic E-state index is 13.0. The maximum atomic E-state index is 13.0. The van der Waals surface area contributed by atoms with Crippen molar-refractivity contribution >= 4 is 20.2 Å². The number of rotatable bonds is 6. The van der Waals surface area contributed by atoms with Gasteiger partial charge in [-0.1, -0.05) is 0 Å². The molecular weight excluding hydrogens is 416 g/mol. The minimum absolute atomic E-state index is 0.382. The molecule has 0 saturated heterocycles. The van der Waals surface area contributed by atoms with Gasteiger partial charge in [-0.15, -0.1) is 0 Å². The predicted molar refractivity (Wildman–Crippen MR) is 58.4 cm³/mol. The molecule has 1 aromatic carbocycles. The van der Waals surface area contributed by atoms with Gasteiger partial charge in [0.05, 0.1) is 0 Å². The zero-order valence-electron chi connectivity index (χ0n) is 10.3. The van der Waals surface area contributed by atoms with E-state index in [0.717, 1.165) is 0 Å². The Morgan fingerprint density at radius 1 is 0.952 bits per heavy atom. The third-order valence-corrected chi connectivity index (χ3v) is 5.85. The summed E-state index contributed by atoms with van der Waals surface area (Å²) in [6.07, 6.45) is -6.42. The second kappa shape index (κ2) is 6.59. The Morgan fingerprint density at radius 3 is 1.95 bits per heavy atom. The molecule has 0 radical (unpaired) electrons. The average Bonchev–Trinajstić information content (AvgIpc) is 2.35. The van der Waals surface area contributed by atoms with Crippen LogP contribution in [0.15, 0.2) is 30.3 Å². The van der Waals surface area contributed by atoms with Crippen LogP contribution in [0, 0.1) is 0 Å². The van der Waals surface area contributed by atoms with Crippen molar-refractivity contribution in [3.8, 4) is 0 Å². The summed E-state index contributed by atoms with van der Waals surface area (Å²) in [6, 6.07) is 7.77. The first kappa shape index (κ1) is 18.3. The van der Waals surface area contributed by atoms with Gasteiger partial charge in [0.1, 0.15) is 0 Å². The predicted octanol–water partition coefficient (Wildman–Crippen LogP) is 3.95. The van der Waals surface area contributed by atoms with E-state index in [0.29, 0.717) is 5.56 Å². The molecule has 0 amide bonds. The Morgan fingerprint density at radius 2 is 1.48 bits per heavy atom. The molecule has 10 heteroatoms. The summed E-state index contributed by atoms with van der Waals surface area (Å²) in [5.74, 6) is -11.7. The van der Waals surface area contributed by atoms with Crippen LogP contribution >= 0.6 is 0 Å². The molecule has 0 aromatic heterocycles. The molecule has 118 valence electrons. The van der Waals surface area contributed by atoms with E-state index in [1.165, 1.54) is 12.1 Å². The van der Waals surface area contributed by atoms with Gasteiger partial charge in [0, 0.05) is 0 Å². The molecule has 0 aliphatic heterocycles. The number of halogens is 7. The van der Waals surface area contributed by atoms with Crippen LogP contribution in [0.3, 0.4) is 0 Å². The Kier molecular flexibility index (Phi) is 5.75. The molecule has 21 heavy (non-hydrogen) atoms. The topological polar surface area (TPSA) is 26.3 Å². The standard InChI is InChI=1S/C7H7O.C4H2F7.O.Sn/c8-6-7-4-2-1-3-5-7;1-2(5,6)3(7,8)4(9,10)11;;/h1-5H,6H2;1H2;;/q-1;;;+1. The first-order chi connectivity index (χ1) is 9.47. The number of benzene rings is 1. The molecule has 0 saturated carbocycles. The van der Waals surface area contributed by atoms with Gasteiger partial charge in [-0.2, -0.15) is 0 Å². The van der Waals surface area contributed by atoms with Crippen LogP contribution in [0.25, 0.3) is 0 Å². The summed E-state index contributed by atoms with van der Waals surface area (Å²) in [4.78, 5) is 0. The van der Waals surface area contributed by atoms with E-state index >= 15 is 0 Å². The molecule has 0 atom stereocenters.